The van der Waals surface area contributed by atoms with E-state index in [0.717, 1.165) is 31.7 Å². The molecule has 126 valence electrons. The predicted octanol–water partition coefficient (Wildman–Crippen LogP) is 4.40. The van der Waals surface area contributed by atoms with Gasteiger partial charge in [-0.15, -0.1) is 24.8 Å². The Balaban J connectivity index is 0.00000121. The second kappa shape index (κ2) is 8.95. The van der Waals surface area contributed by atoms with Gasteiger partial charge in [-0.25, -0.2) is 0 Å². The molecule has 1 aromatic carbocycles. The van der Waals surface area contributed by atoms with Crippen molar-refractivity contribution in [2.24, 2.45) is 5.92 Å². The molecule has 2 aliphatic rings. The molecule has 1 atom stereocenters. The first-order chi connectivity index (χ1) is 9.68. The summed E-state index contributed by atoms with van der Waals surface area (Å²) in [7, 11) is 0. The van der Waals surface area contributed by atoms with Crippen molar-refractivity contribution in [1.29, 1.82) is 0 Å². The molecule has 1 saturated heterocycles. The van der Waals surface area contributed by atoms with E-state index >= 15 is 0 Å². The van der Waals surface area contributed by atoms with E-state index in [4.69, 9.17) is 11.6 Å². The van der Waals surface area contributed by atoms with Gasteiger partial charge in [0.15, 0.2) is 0 Å². The summed E-state index contributed by atoms with van der Waals surface area (Å²) >= 11 is 9.47. The van der Waals surface area contributed by atoms with Gasteiger partial charge in [0.25, 0.3) is 0 Å². The van der Waals surface area contributed by atoms with Gasteiger partial charge in [0, 0.05) is 37.8 Å². The van der Waals surface area contributed by atoms with Gasteiger partial charge >= 0.3 is 0 Å². The number of phenols is 1. The van der Waals surface area contributed by atoms with Gasteiger partial charge in [0.05, 0.1) is 9.50 Å². The van der Waals surface area contributed by atoms with Crippen LogP contribution in [0.2, 0.25) is 5.02 Å². The number of halogens is 4. The SMILES string of the molecule is Cl.Cl.Oc1c([C@@H](C2CCC2)N2CCNCC2)ccc(Cl)c1Br. The molecule has 0 unspecified atom stereocenters. The van der Waals surface area contributed by atoms with Crippen LogP contribution >= 0.6 is 52.3 Å². The topological polar surface area (TPSA) is 35.5 Å². The van der Waals surface area contributed by atoms with Crippen LogP contribution in [0.1, 0.15) is 30.9 Å². The Labute approximate surface area is 157 Å². The quantitative estimate of drug-likeness (QED) is 0.743. The molecular weight excluding hydrogens is 410 g/mol. The first-order valence-electron chi connectivity index (χ1n) is 7.30. The number of nitrogens with one attached hydrogen (secondary N) is 1. The second-order valence-electron chi connectivity index (χ2n) is 5.72. The van der Waals surface area contributed by atoms with Crippen LogP contribution in [0.3, 0.4) is 0 Å². The summed E-state index contributed by atoms with van der Waals surface area (Å²) in [5.41, 5.74) is 1.02. The summed E-state index contributed by atoms with van der Waals surface area (Å²) in [5.74, 6) is 0.972. The summed E-state index contributed by atoms with van der Waals surface area (Å²) in [6.45, 7) is 4.14. The van der Waals surface area contributed by atoms with E-state index in [9.17, 15) is 5.11 Å². The average Bonchev–Trinajstić information content (AvgIpc) is 2.42. The third kappa shape index (κ3) is 4.03. The fourth-order valence-electron chi connectivity index (χ4n) is 3.26. The lowest BCUT2D eigenvalue weighted by Crippen LogP contribution is -2.47. The number of benzene rings is 1. The molecule has 1 saturated carbocycles. The molecule has 1 heterocycles. The van der Waals surface area contributed by atoms with Crippen molar-refractivity contribution in [2.45, 2.75) is 25.3 Å². The van der Waals surface area contributed by atoms with E-state index in [0.29, 0.717) is 27.2 Å². The summed E-state index contributed by atoms with van der Waals surface area (Å²) < 4.78 is 0.621. The molecule has 0 radical (unpaired) electrons. The summed E-state index contributed by atoms with van der Waals surface area (Å²) in [4.78, 5) is 2.51. The predicted molar refractivity (Wildman–Crippen MR) is 99.8 cm³/mol. The minimum absolute atomic E-state index is 0. The zero-order valence-electron chi connectivity index (χ0n) is 12.2. The first kappa shape index (κ1) is 20.3. The molecule has 2 fully saturated rings. The van der Waals surface area contributed by atoms with Crippen molar-refractivity contribution >= 4 is 52.3 Å². The normalized spacial score (nSPS) is 20.5. The molecule has 1 aromatic rings. The number of hydrogen-bond acceptors (Lipinski definition) is 3. The third-order valence-corrected chi connectivity index (χ3v) is 5.91. The first-order valence-corrected chi connectivity index (χ1v) is 8.47. The molecule has 3 nitrogen and oxygen atoms in total. The Kier molecular flexibility index (Phi) is 8.27. The monoisotopic (exact) mass is 430 g/mol. The smallest absolute Gasteiger partial charge is 0.136 e. The van der Waals surface area contributed by atoms with E-state index < -0.39 is 0 Å². The molecule has 0 amide bonds. The number of aromatic hydroxyl groups is 1. The maximum Gasteiger partial charge on any atom is 0.136 e. The standard InChI is InChI=1S/C15H20BrClN2O.2ClH/c16-13-12(17)5-4-11(15(13)20)14(10-2-1-3-10)19-8-6-18-7-9-19;;/h4-5,10,14,18,20H,1-3,6-9H2;2*1H/t14-;;/m1../s1. The largest absolute Gasteiger partial charge is 0.506 e. The van der Waals surface area contributed by atoms with Crippen LogP contribution in [-0.2, 0) is 0 Å². The van der Waals surface area contributed by atoms with Crippen molar-refractivity contribution < 1.29 is 5.11 Å². The van der Waals surface area contributed by atoms with Gasteiger partial charge in [-0.1, -0.05) is 24.1 Å². The van der Waals surface area contributed by atoms with E-state index in [1.54, 1.807) is 0 Å². The highest BCUT2D eigenvalue weighted by atomic mass is 79.9. The molecular formula is C15H22BrCl3N2O. The van der Waals surface area contributed by atoms with Crippen LogP contribution in [0.4, 0.5) is 0 Å². The minimum Gasteiger partial charge on any atom is -0.506 e. The number of rotatable bonds is 3. The summed E-state index contributed by atoms with van der Waals surface area (Å²) in [5, 5.41) is 14.4. The van der Waals surface area contributed by atoms with E-state index in [-0.39, 0.29) is 24.8 Å². The third-order valence-electron chi connectivity index (χ3n) is 4.56. The van der Waals surface area contributed by atoms with Crippen LogP contribution in [0.5, 0.6) is 5.75 Å². The highest BCUT2D eigenvalue weighted by Crippen LogP contribution is 2.46. The Bertz CT molecular complexity index is 494. The summed E-state index contributed by atoms with van der Waals surface area (Å²) in [6.07, 6.45) is 3.82. The number of piperazine rings is 1. The highest BCUT2D eigenvalue weighted by Gasteiger charge is 2.35. The number of phenolic OH excluding ortho intramolecular Hbond substituents is 1. The average molecular weight is 433 g/mol. The molecule has 7 heteroatoms. The Morgan fingerprint density at radius 1 is 1.23 bits per heavy atom. The molecule has 0 spiro atoms. The maximum atomic E-state index is 10.5. The zero-order chi connectivity index (χ0) is 14.1. The molecule has 0 bridgehead atoms. The lowest BCUT2D eigenvalue weighted by atomic mass is 9.76. The van der Waals surface area contributed by atoms with Gasteiger partial charge in [-0.2, -0.15) is 0 Å². The van der Waals surface area contributed by atoms with E-state index in [1.807, 2.05) is 12.1 Å². The van der Waals surface area contributed by atoms with Gasteiger partial charge in [0.1, 0.15) is 5.75 Å². The van der Waals surface area contributed by atoms with E-state index in [2.05, 4.69) is 26.1 Å². The van der Waals surface area contributed by atoms with Crippen molar-refractivity contribution in [3.05, 3.63) is 27.2 Å². The fourth-order valence-corrected chi connectivity index (χ4v) is 3.77. The van der Waals surface area contributed by atoms with Crippen molar-refractivity contribution in [3.63, 3.8) is 0 Å². The zero-order valence-corrected chi connectivity index (χ0v) is 16.2. The molecule has 1 aliphatic heterocycles. The van der Waals surface area contributed by atoms with Crippen molar-refractivity contribution in [1.82, 2.24) is 10.2 Å². The molecule has 22 heavy (non-hydrogen) atoms. The number of nitrogens with zero attached hydrogens (tertiary/aromatic N) is 1. The van der Waals surface area contributed by atoms with Gasteiger partial charge in [-0.3, -0.25) is 4.90 Å². The van der Waals surface area contributed by atoms with Crippen LogP contribution in [0, 0.1) is 5.92 Å². The second-order valence-corrected chi connectivity index (χ2v) is 6.92. The van der Waals surface area contributed by atoms with Gasteiger partial charge in [-0.05, 0) is 40.8 Å². The van der Waals surface area contributed by atoms with E-state index in [1.165, 1.54) is 19.3 Å². The lowest BCUT2D eigenvalue weighted by molar-refractivity contribution is 0.0819. The Morgan fingerprint density at radius 3 is 2.41 bits per heavy atom. The summed E-state index contributed by atoms with van der Waals surface area (Å²) in [6, 6.07) is 4.20. The number of hydrogen-bond donors (Lipinski definition) is 2. The fraction of sp³-hybridized carbons (Fsp3) is 0.600. The van der Waals surface area contributed by atoms with Crippen LogP contribution in [0.15, 0.2) is 16.6 Å². The highest BCUT2D eigenvalue weighted by molar-refractivity contribution is 9.10. The van der Waals surface area contributed by atoms with Crippen molar-refractivity contribution in [2.75, 3.05) is 26.2 Å². The Hall–Kier alpha value is 0.290. The van der Waals surface area contributed by atoms with Gasteiger partial charge < -0.3 is 10.4 Å². The molecule has 0 aromatic heterocycles. The molecule has 1 aliphatic carbocycles. The molecule has 3 rings (SSSR count). The molecule has 2 N–H and O–H groups in total. The van der Waals surface area contributed by atoms with Crippen molar-refractivity contribution in [3.8, 4) is 5.75 Å². The minimum atomic E-state index is 0. The lowest BCUT2D eigenvalue weighted by Gasteiger charge is -2.43. The Morgan fingerprint density at radius 2 is 1.86 bits per heavy atom. The maximum absolute atomic E-state index is 10.5. The van der Waals surface area contributed by atoms with Crippen LogP contribution in [-0.4, -0.2) is 36.2 Å². The van der Waals surface area contributed by atoms with Gasteiger partial charge in [0.2, 0.25) is 0 Å². The van der Waals surface area contributed by atoms with Crippen LogP contribution < -0.4 is 5.32 Å². The van der Waals surface area contributed by atoms with Crippen LogP contribution in [0.25, 0.3) is 0 Å².